The van der Waals surface area contributed by atoms with E-state index in [0.29, 0.717) is 22.3 Å². The van der Waals surface area contributed by atoms with Crippen molar-refractivity contribution >= 4 is 28.4 Å². The van der Waals surface area contributed by atoms with Gasteiger partial charge in [-0.1, -0.05) is 24.3 Å². The first kappa shape index (κ1) is 18.0. The number of methoxy groups -OCH3 is 1. The highest BCUT2D eigenvalue weighted by atomic mass is 16.5. The Morgan fingerprint density at radius 3 is 2.59 bits per heavy atom. The molecule has 4 N–H and O–H groups in total. The number of benzene rings is 2. The molecule has 0 aliphatic rings. The lowest BCUT2D eigenvalue weighted by Gasteiger charge is -2.11. The Morgan fingerprint density at radius 1 is 1.04 bits per heavy atom. The number of H-pyrrole nitrogens is 1. The number of aromatic nitrogens is 1. The first-order chi connectivity index (χ1) is 13.1. The molecule has 0 saturated carbocycles. The molecule has 0 spiro atoms. The molecule has 0 fully saturated rings. The third kappa shape index (κ3) is 4.06. The zero-order chi connectivity index (χ0) is 19.2. The summed E-state index contributed by atoms with van der Waals surface area (Å²) < 4.78 is 5.18. The summed E-state index contributed by atoms with van der Waals surface area (Å²) in [6.45, 7) is -0.0886. The number of hydrogen-bond donors (Lipinski definition) is 4. The summed E-state index contributed by atoms with van der Waals surface area (Å²) in [7, 11) is 1.53. The van der Waals surface area contributed by atoms with Crippen molar-refractivity contribution in [1.29, 1.82) is 0 Å². The smallest absolute Gasteiger partial charge is 0.275 e. The van der Waals surface area contributed by atoms with Crippen LogP contribution in [0, 0.1) is 0 Å². The summed E-state index contributed by atoms with van der Waals surface area (Å²) in [5.41, 5.74) is 5.28. The average Bonchev–Trinajstić information content (AvgIpc) is 2.71. The van der Waals surface area contributed by atoms with E-state index in [-0.39, 0.29) is 12.1 Å². The van der Waals surface area contributed by atoms with E-state index in [9.17, 15) is 14.4 Å². The number of para-hydroxylation sites is 3. The maximum Gasteiger partial charge on any atom is 0.275 e. The molecule has 0 aliphatic carbocycles. The fourth-order valence-corrected chi connectivity index (χ4v) is 2.54. The van der Waals surface area contributed by atoms with Crippen LogP contribution in [0.1, 0.15) is 10.4 Å². The topological polar surface area (TPSA) is 112 Å². The van der Waals surface area contributed by atoms with Crippen LogP contribution in [0.4, 0.5) is 5.69 Å². The number of amides is 2. The minimum absolute atomic E-state index is 0.0886. The number of fused-ring (bicyclic) bond motifs is 1. The Morgan fingerprint density at radius 2 is 1.78 bits per heavy atom. The number of rotatable bonds is 5. The molecule has 1 heterocycles. The van der Waals surface area contributed by atoms with E-state index in [1.807, 2.05) is 6.07 Å². The van der Waals surface area contributed by atoms with Crippen molar-refractivity contribution in [3.63, 3.8) is 0 Å². The Labute approximate surface area is 154 Å². The number of pyridine rings is 1. The predicted octanol–water partition coefficient (Wildman–Crippen LogP) is 1.41. The van der Waals surface area contributed by atoms with Gasteiger partial charge >= 0.3 is 0 Å². The Bertz CT molecular complexity index is 1050. The summed E-state index contributed by atoms with van der Waals surface area (Å²) in [6, 6.07) is 14.0. The van der Waals surface area contributed by atoms with E-state index in [0.717, 1.165) is 0 Å². The Hall–Kier alpha value is -3.81. The third-order valence-electron chi connectivity index (χ3n) is 3.89. The summed E-state index contributed by atoms with van der Waals surface area (Å²) >= 11 is 0. The lowest BCUT2D eigenvalue weighted by atomic mass is 10.1. The molecule has 0 saturated heterocycles. The maximum atomic E-state index is 12.4. The van der Waals surface area contributed by atoms with E-state index in [4.69, 9.17) is 4.74 Å². The molecule has 0 aliphatic heterocycles. The molecule has 3 aromatic rings. The molecule has 2 amide bonds. The summed E-state index contributed by atoms with van der Waals surface area (Å²) in [5.74, 6) is -0.587. The van der Waals surface area contributed by atoms with E-state index in [2.05, 4.69) is 21.2 Å². The van der Waals surface area contributed by atoms with Crippen molar-refractivity contribution < 1.29 is 14.3 Å². The quantitative estimate of drug-likeness (QED) is 0.510. The average molecular weight is 366 g/mol. The number of hydrogen-bond acceptors (Lipinski definition) is 5. The highest BCUT2D eigenvalue weighted by Crippen LogP contribution is 2.22. The minimum Gasteiger partial charge on any atom is -0.495 e. The van der Waals surface area contributed by atoms with Gasteiger partial charge in [-0.2, -0.15) is 0 Å². The second-order valence-corrected chi connectivity index (χ2v) is 5.63. The van der Waals surface area contributed by atoms with Crippen LogP contribution in [0.15, 0.2) is 59.5 Å². The molecule has 8 heteroatoms. The summed E-state index contributed by atoms with van der Waals surface area (Å²) in [4.78, 5) is 39.4. The fraction of sp³-hybridized carbons (Fsp3) is 0.105. The van der Waals surface area contributed by atoms with Gasteiger partial charge < -0.3 is 15.0 Å². The molecule has 0 bridgehead atoms. The number of aromatic amines is 1. The van der Waals surface area contributed by atoms with Gasteiger partial charge in [-0.25, -0.2) is 0 Å². The van der Waals surface area contributed by atoms with Gasteiger partial charge in [0.2, 0.25) is 5.43 Å². The van der Waals surface area contributed by atoms with Gasteiger partial charge in [-0.05, 0) is 24.3 Å². The van der Waals surface area contributed by atoms with Crippen molar-refractivity contribution in [3.8, 4) is 5.75 Å². The molecule has 0 atom stereocenters. The minimum atomic E-state index is -0.701. The predicted molar refractivity (Wildman–Crippen MR) is 102 cm³/mol. The van der Waals surface area contributed by atoms with Crippen molar-refractivity contribution in [2.24, 2.45) is 0 Å². The van der Waals surface area contributed by atoms with Crippen LogP contribution in [0.25, 0.3) is 10.9 Å². The van der Waals surface area contributed by atoms with Gasteiger partial charge in [0.1, 0.15) is 11.3 Å². The molecule has 27 heavy (non-hydrogen) atoms. The SMILES string of the molecule is COc1ccccc1NCC(=O)NNC(=O)c1c[nH]c2ccccc2c1=O. The van der Waals surface area contributed by atoms with Crippen LogP contribution in [0.2, 0.25) is 0 Å². The van der Waals surface area contributed by atoms with Crippen LogP contribution in [-0.2, 0) is 4.79 Å². The van der Waals surface area contributed by atoms with Crippen molar-refractivity contribution in [2.75, 3.05) is 19.0 Å². The van der Waals surface area contributed by atoms with Gasteiger partial charge in [0, 0.05) is 17.1 Å². The van der Waals surface area contributed by atoms with Crippen molar-refractivity contribution in [3.05, 3.63) is 70.5 Å². The van der Waals surface area contributed by atoms with Crippen LogP contribution in [-0.4, -0.2) is 30.5 Å². The van der Waals surface area contributed by atoms with E-state index < -0.39 is 17.2 Å². The van der Waals surface area contributed by atoms with Crippen molar-refractivity contribution in [2.45, 2.75) is 0 Å². The van der Waals surface area contributed by atoms with Gasteiger partial charge in [0.25, 0.3) is 11.8 Å². The molecule has 0 radical (unpaired) electrons. The maximum absolute atomic E-state index is 12.4. The van der Waals surface area contributed by atoms with E-state index in [1.54, 1.807) is 42.5 Å². The third-order valence-corrected chi connectivity index (χ3v) is 3.89. The molecule has 3 rings (SSSR count). The van der Waals surface area contributed by atoms with Gasteiger partial charge in [-0.3, -0.25) is 25.2 Å². The normalized spacial score (nSPS) is 10.3. The lowest BCUT2D eigenvalue weighted by molar-refractivity contribution is -0.120. The molecule has 0 unspecified atom stereocenters. The van der Waals surface area contributed by atoms with Crippen LogP contribution >= 0.6 is 0 Å². The zero-order valence-electron chi connectivity index (χ0n) is 14.5. The number of nitrogens with one attached hydrogen (secondary N) is 4. The molecule has 1 aromatic heterocycles. The summed E-state index contributed by atoms with van der Waals surface area (Å²) in [6.07, 6.45) is 1.32. The lowest BCUT2D eigenvalue weighted by Crippen LogP contribution is -2.45. The largest absolute Gasteiger partial charge is 0.495 e. The van der Waals surface area contributed by atoms with Gasteiger partial charge in [0.15, 0.2) is 0 Å². The molecule has 2 aromatic carbocycles. The zero-order valence-corrected chi connectivity index (χ0v) is 14.5. The van der Waals surface area contributed by atoms with Crippen molar-refractivity contribution in [1.82, 2.24) is 15.8 Å². The second kappa shape index (κ2) is 8.05. The monoisotopic (exact) mass is 366 g/mol. The number of carbonyl (C=O) groups excluding carboxylic acids is 2. The highest BCUT2D eigenvalue weighted by Gasteiger charge is 2.13. The van der Waals surface area contributed by atoms with E-state index in [1.165, 1.54) is 13.3 Å². The van der Waals surface area contributed by atoms with Crippen LogP contribution in [0.3, 0.4) is 0 Å². The number of anilines is 1. The van der Waals surface area contributed by atoms with E-state index >= 15 is 0 Å². The Balaban J connectivity index is 1.60. The first-order valence-corrected chi connectivity index (χ1v) is 8.16. The Kier molecular flexibility index (Phi) is 5.36. The second-order valence-electron chi connectivity index (χ2n) is 5.63. The van der Waals surface area contributed by atoms with Crippen LogP contribution in [0.5, 0.6) is 5.75 Å². The molecular weight excluding hydrogens is 348 g/mol. The molecular formula is C19H18N4O4. The first-order valence-electron chi connectivity index (χ1n) is 8.16. The van der Waals surface area contributed by atoms with Gasteiger partial charge in [-0.15, -0.1) is 0 Å². The number of hydrazine groups is 1. The van der Waals surface area contributed by atoms with Gasteiger partial charge in [0.05, 0.1) is 19.3 Å². The fourth-order valence-electron chi connectivity index (χ4n) is 2.54. The molecule has 138 valence electrons. The number of ether oxygens (including phenoxy) is 1. The highest BCUT2D eigenvalue weighted by molar-refractivity contribution is 5.98. The van der Waals surface area contributed by atoms with Crippen LogP contribution < -0.4 is 26.3 Å². The molecule has 8 nitrogen and oxygen atoms in total. The number of carbonyl (C=O) groups is 2. The standard InChI is InChI=1S/C19H18N4O4/c1-27-16-9-5-4-8-15(16)21-11-17(24)22-23-19(26)13-10-20-14-7-3-2-6-12(14)18(13)25/h2-10,21H,11H2,1H3,(H,20,25)(H,22,24)(H,23,26). The summed E-state index contributed by atoms with van der Waals surface area (Å²) in [5, 5.41) is 3.30.